The van der Waals surface area contributed by atoms with Crippen molar-refractivity contribution in [3.63, 3.8) is 0 Å². The zero-order valence-electron chi connectivity index (χ0n) is 16.9. The molecule has 4 N–H and O–H groups in total. The predicted octanol–water partition coefficient (Wildman–Crippen LogP) is 2.29. The molecule has 1 unspecified atom stereocenters. The lowest BCUT2D eigenvalue weighted by Gasteiger charge is -2.14. The average molecular weight is 391 g/mol. The zero-order chi connectivity index (χ0) is 20.6. The number of nitrogens with zero attached hydrogens (tertiary/aromatic N) is 3. The summed E-state index contributed by atoms with van der Waals surface area (Å²) in [6, 6.07) is 16.0. The molecule has 0 saturated heterocycles. The SMILES string of the molecule is C=CCOc1ccc(C[NH+](C)Cc2nc(N)nc(Nc3ccccc3C)n2)cc1. The number of anilines is 3. The third-order valence-corrected chi connectivity index (χ3v) is 4.35. The van der Waals surface area contributed by atoms with Crippen LogP contribution < -0.4 is 20.7 Å². The Kier molecular flexibility index (Phi) is 6.76. The molecule has 3 rings (SSSR count). The Morgan fingerprint density at radius 2 is 1.83 bits per heavy atom. The Hall–Kier alpha value is -3.45. The smallest absolute Gasteiger partial charge is 0.232 e. The number of rotatable bonds is 9. The van der Waals surface area contributed by atoms with Gasteiger partial charge in [0.1, 0.15) is 25.4 Å². The van der Waals surface area contributed by atoms with E-state index in [0.717, 1.165) is 23.5 Å². The summed E-state index contributed by atoms with van der Waals surface area (Å²) in [7, 11) is 2.09. The van der Waals surface area contributed by atoms with Gasteiger partial charge in [0.15, 0.2) is 5.82 Å². The van der Waals surface area contributed by atoms with Gasteiger partial charge in [-0.15, -0.1) is 0 Å². The first-order valence-corrected chi connectivity index (χ1v) is 9.50. The van der Waals surface area contributed by atoms with E-state index in [1.807, 2.05) is 43.3 Å². The summed E-state index contributed by atoms with van der Waals surface area (Å²) in [4.78, 5) is 14.3. The number of nitrogens with one attached hydrogen (secondary N) is 2. The quantitative estimate of drug-likeness (QED) is 0.485. The topological polar surface area (TPSA) is 90.4 Å². The van der Waals surface area contributed by atoms with E-state index in [0.29, 0.717) is 24.9 Å². The number of nitrogen functional groups attached to an aromatic ring is 1. The van der Waals surface area contributed by atoms with Crippen molar-refractivity contribution >= 4 is 17.6 Å². The van der Waals surface area contributed by atoms with Crippen LogP contribution >= 0.6 is 0 Å². The number of nitrogens with two attached hydrogens (primary N) is 1. The van der Waals surface area contributed by atoms with Crippen LogP contribution in [-0.2, 0) is 13.1 Å². The summed E-state index contributed by atoms with van der Waals surface area (Å²) >= 11 is 0. The molecule has 0 bridgehead atoms. The highest BCUT2D eigenvalue weighted by Crippen LogP contribution is 2.17. The summed E-state index contributed by atoms with van der Waals surface area (Å²) < 4.78 is 5.52. The molecular formula is C22H27N6O+. The Balaban J connectivity index is 1.64. The maximum Gasteiger partial charge on any atom is 0.232 e. The first kappa shape index (κ1) is 20.3. The van der Waals surface area contributed by atoms with Crippen LogP contribution in [0.4, 0.5) is 17.6 Å². The molecule has 1 atom stereocenters. The van der Waals surface area contributed by atoms with Crippen LogP contribution in [0.25, 0.3) is 0 Å². The highest BCUT2D eigenvalue weighted by Gasteiger charge is 2.12. The van der Waals surface area contributed by atoms with Crippen LogP contribution in [0, 0.1) is 6.92 Å². The molecule has 0 aliphatic rings. The third-order valence-electron chi connectivity index (χ3n) is 4.35. The number of hydrogen-bond donors (Lipinski definition) is 3. The summed E-state index contributed by atoms with van der Waals surface area (Å²) in [5, 5.41) is 3.23. The highest BCUT2D eigenvalue weighted by molar-refractivity contribution is 5.58. The summed E-state index contributed by atoms with van der Waals surface area (Å²) in [6.45, 7) is 7.64. The van der Waals surface area contributed by atoms with Crippen LogP contribution in [0.1, 0.15) is 17.0 Å². The lowest BCUT2D eigenvalue weighted by atomic mass is 10.2. The lowest BCUT2D eigenvalue weighted by Crippen LogP contribution is -3.06. The normalized spacial score (nSPS) is 11.7. The molecule has 0 aliphatic carbocycles. The number of benzene rings is 2. The van der Waals surface area contributed by atoms with Crippen molar-refractivity contribution in [2.45, 2.75) is 20.0 Å². The van der Waals surface area contributed by atoms with Crippen molar-refractivity contribution in [1.29, 1.82) is 0 Å². The summed E-state index contributed by atoms with van der Waals surface area (Å²) in [6.07, 6.45) is 1.73. The van der Waals surface area contributed by atoms with E-state index in [4.69, 9.17) is 10.5 Å². The number of quaternary nitrogens is 1. The zero-order valence-corrected chi connectivity index (χ0v) is 16.9. The largest absolute Gasteiger partial charge is 0.490 e. The van der Waals surface area contributed by atoms with Crippen molar-refractivity contribution in [1.82, 2.24) is 15.0 Å². The summed E-state index contributed by atoms with van der Waals surface area (Å²) in [5.74, 6) is 2.15. The van der Waals surface area contributed by atoms with E-state index in [9.17, 15) is 0 Å². The van der Waals surface area contributed by atoms with Gasteiger partial charge in [-0.3, -0.25) is 0 Å². The molecule has 0 spiro atoms. The van der Waals surface area contributed by atoms with Crippen LogP contribution in [0.15, 0.2) is 61.2 Å². The first-order valence-electron chi connectivity index (χ1n) is 9.50. The third kappa shape index (κ3) is 6.02. The monoisotopic (exact) mass is 391 g/mol. The molecule has 0 saturated carbocycles. The van der Waals surface area contributed by atoms with Gasteiger partial charge < -0.3 is 20.7 Å². The van der Waals surface area contributed by atoms with Crippen LogP contribution in [0.5, 0.6) is 5.75 Å². The predicted molar refractivity (Wildman–Crippen MR) is 115 cm³/mol. The second-order valence-electron chi connectivity index (χ2n) is 6.93. The molecule has 0 aliphatic heterocycles. The van der Waals surface area contributed by atoms with Gasteiger partial charge in [-0.2, -0.15) is 15.0 Å². The fourth-order valence-corrected chi connectivity index (χ4v) is 2.95. The maximum atomic E-state index is 5.90. The van der Waals surface area contributed by atoms with E-state index >= 15 is 0 Å². The molecule has 7 nitrogen and oxygen atoms in total. The van der Waals surface area contributed by atoms with Crippen LogP contribution in [0.3, 0.4) is 0 Å². The van der Waals surface area contributed by atoms with E-state index in [1.54, 1.807) is 6.08 Å². The van der Waals surface area contributed by atoms with E-state index < -0.39 is 0 Å². The number of para-hydroxylation sites is 1. The van der Waals surface area contributed by atoms with Crippen LogP contribution in [-0.4, -0.2) is 28.6 Å². The fraction of sp³-hybridized carbons (Fsp3) is 0.227. The minimum atomic E-state index is 0.211. The molecule has 7 heteroatoms. The van der Waals surface area contributed by atoms with Crippen molar-refractivity contribution in [2.75, 3.05) is 24.7 Å². The number of ether oxygens (including phenoxy) is 1. The van der Waals surface area contributed by atoms with Gasteiger partial charge >= 0.3 is 0 Å². The van der Waals surface area contributed by atoms with Gasteiger partial charge in [-0.25, -0.2) is 0 Å². The van der Waals surface area contributed by atoms with Crippen molar-refractivity contribution < 1.29 is 9.64 Å². The Bertz CT molecular complexity index is 958. The molecule has 0 fully saturated rings. The maximum absolute atomic E-state index is 5.90. The van der Waals surface area contributed by atoms with Gasteiger partial charge in [0.05, 0.1) is 7.05 Å². The molecule has 0 radical (unpaired) electrons. The number of aromatic nitrogens is 3. The van der Waals surface area contributed by atoms with Crippen molar-refractivity contribution in [3.8, 4) is 5.75 Å². The van der Waals surface area contributed by atoms with Gasteiger partial charge in [0, 0.05) is 11.3 Å². The minimum absolute atomic E-state index is 0.211. The van der Waals surface area contributed by atoms with Gasteiger partial charge in [-0.05, 0) is 42.8 Å². The molecule has 2 aromatic carbocycles. The fourth-order valence-electron chi connectivity index (χ4n) is 2.95. The minimum Gasteiger partial charge on any atom is -0.490 e. The molecule has 1 heterocycles. The number of hydrogen-bond acceptors (Lipinski definition) is 6. The van der Waals surface area contributed by atoms with Gasteiger partial charge in [-0.1, -0.05) is 30.9 Å². The standard InChI is InChI=1S/C22H26N6O/c1-4-13-29-18-11-9-17(10-12-18)14-28(3)15-20-25-21(23)27-22(26-20)24-19-8-6-5-7-16(19)2/h4-12H,1,13-15H2,2-3H3,(H3,23,24,25,26,27)/p+1. The molecule has 1 aromatic heterocycles. The van der Waals surface area contributed by atoms with E-state index in [1.165, 1.54) is 10.5 Å². The Labute approximate surface area is 171 Å². The van der Waals surface area contributed by atoms with E-state index in [2.05, 4.69) is 46.0 Å². The first-order chi connectivity index (χ1) is 14.0. The Morgan fingerprint density at radius 1 is 1.07 bits per heavy atom. The number of aryl methyl sites for hydroxylation is 1. The van der Waals surface area contributed by atoms with E-state index in [-0.39, 0.29) is 5.95 Å². The average Bonchev–Trinajstić information content (AvgIpc) is 2.69. The molecule has 150 valence electrons. The van der Waals surface area contributed by atoms with Crippen molar-refractivity contribution in [2.24, 2.45) is 0 Å². The molecular weight excluding hydrogens is 364 g/mol. The second kappa shape index (κ2) is 9.66. The van der Waals surface area contributed by atoms with Gasteiger partial charge in [0.25, 0.3) is 0 Å². The van der Waals surface area contributed by atoms with Crippen LogP contribution in [0.2, 0.25) is 0 Å². The molecule has 0 amide bonds. The lowest BCUT2D eigenvalue weighted by molar-refractivity contribution is -0.908. The van der Waals surface area contributed by atoms with Gasteiger partial charge in [0.2, 0.25) is 11.9 Å². The molecule has 3 aromatic rings. The Morgan fingerprint density at radius 3 is 2.55 bits per heavy atom. The second-order valence-corrected chi connectivity index (χ2v) is 6.93. The summed E-state index contributed by atoms with van der Waals surface area (Å²) in [5.41, 5.74) is 9.16. The van der Waals surface area contributed by atoms with Crippen molar-refractivity contribution in [3.05, 3.63) is 78.1 Å². The molecule has 29 heavy (non-hydrogen) atoms. The highest BCUT2D eigenvalue weighted by atomic mass is 16.5.